The third-order valence-corrected chi connectivity index (χ3v) is 4.33. The maximum atomic E-state index is 12.9. The number of carbonyl (C=O) groups excluding carboxylic acids is 1. The number of carbonyl (C=O) groups is 2. The van der Waals surface area contributed by atoms with E-state index in [1.165, 1.54) is 0 Å². The summed E-state index contributed by atoms with van der Waals surface area (Å²) >= 11 is 0. The summed E-state index contributed by atoms with van der Waals surface area (Å²) in [6.07, 6.45) is 0.289. The van der Waals surface area contributed by atoms with Crippen molar-refractivity contribution < 1.29 is 14.7 Å². The molecule has 0 aliphatic heterocycles. The fourth-order valence-corrected chi connectivity index (χ4v) is 3.02. The van der Waals surface area contributed by atoms with Crippen molar-refractivity contribution in [3.05, 3.63) is 70.6 Å². The smallest absolute Gasteiger partial charge is 0.326 e. The summed E-state index contributed by atoms with van der Waals surface area (Å²) < 4.78 is 1.16. The summed E-state index contributed by atoms with van der Waals surface area (Å²) in [6.45, 7) is 3.76. The second kappa shape index (κ2) is 8.04. The lowest BCUT2D eigenvalue weighted by Gasteiger charge is -2.17. The highest BCUT2D eigenvalue weighted by atomic mass is 16.4. The first-order valence-corrected chi connectivity index (χ1v) is 8.99. The van der Waals surface area contributed by atoms with Crippen molar-refractivity contribution in [1.82, 2.24) is 15.1 Å². The monoisotopic (exact) mass is 379 g/mol. The third kappa shape index (κ3) is 3.93. The number of carboxylic acids is 1. The number of para-hydroxylation sites is 1. The van der Waals surface area contributed by atoms with Crippen LogP contribution in [0.1, 0.15) is 30.8 Å². The maximum Gasteiger partial charge on any atom is 0.326 e. The molecule has 1 atom stereocenters. The van der Waals surface area contributed by atoms with E-state index < -0.39 is 17.9 Å². The molecular weight excluding hydrogens is 358 g/mol. The van der Waals surface area contributed by atoms with Crippen LogP contribution in [0.15, 0.2) is 59.4 Å². The Bertz CT molecular complexity index is 1070. The zero-order chi connectivity index (χ0) is 20.3. The zero-order valence-corrected chi connectivity index (χ0v) is 15.6. The van der Waals surface area contributed by atoms with Crippen LogP contribution < -0.4 is 10.9 Å². The van der Waals surface area contributed by atoms with E-state index in [4.69, 9.17) is 0 Å². The van der Waals surface area contributed by atoms with Gasteiger partial charge in [-0.1, -0.05) is 50.2 Å². The molecule has 1 aromatic heterocycles. The highest BCUT2D eigenvalue weighted by Gasteiger charge is 2.24. The van der Waals surface area contributed by atoms with E-state index in [0.717, 1.165) is 4.68 Å². The number of nitrogens with zero attached hydrogens (tertiary/aromatic N) is 2. The Morgan fingerprint density at radius 3 is 2.25 bits per heavy atom. The van der Waals surface area contributed by atoms with Gasteiger partial charge >= 0.3 is 5.97 Å². The lowest BCUT2D eigenvalue weighted by atomic mass is 10.0. The summed E-state index contributed by atoms with van der Waals surface area (Å²) in [5.74, 6) is -1.65. The predicted octanol–water partition coefficient (Wildman–Crippen LogP) is 2.61. The molecule has 0 aliphatic rings. The molecule has 0 aliphatic carbocycles. The predicted molar refractivity (Wildman–Crippen MR) is 106 cm³/mol. The molecule has 0 saturated carbocycles. The van der Waals surface area contributed by atoms with Crippen molar-refractivity contribution in [2.75, 3.05) is 0 Å². The highest BCUT2D eigenvalue weighted by molar-refractivity contribution is 6.05. The van der Waals surface area contributed by atoms with Crippen LogP contribution in [-0.2, 0) is 4.79 Å². The molecule has 0 bridgehead atoms. The van der Waals surface area contributed by atoms with Crippen molar-refractivity contribution >= 4 is 22.6 Å². The number of rotatable bonds is 6. The van der Waals surface area contributed by atoms with Gasteiger partial charge in [0.05, 0.1) is 11.1 Å². The van der Waals surface area contributed by atoms with Gasteiger partial charge < -0.3 is 10.4 Å². The molecule has 1 heterocycles. The number of benzene rings is 2. The minimum absolute atomic E-state index is 0.00839. The van der Waals surface area contributed by atoms with Gasteiger partial charge in [0.25, 0.3) is 11.5 Å². The molecule has 144 valence electrons. The van der Waals surface area contributed by atoms with Gasteiger partial charge in [-0.15, -0.1) is 0 Å². The number of fused-ring (bicyclic) bond motifs is 1. The van der Waals surface area contributed by atoms with Gasteiger partial charge in [0.15, 0.2) is 5.69 Å². The number of aromatic nitrogens is 2. The average Bonchev–Trinajstić information content (AvgIpc) is 2.68. The molecule has 2 aromatic carbocycles. The molecule has 3 rings (SSSR count). The Kier molecular flexibility index (Phi) is 5.54. The molecule has 0 spiro atoms. The normalized spacial score (nSPS) is 12.1. The molecule has 3 aromatic rings. The first kappa shape index (κ1) is 19.3. The summed E-state index contributed by atoms with van der Waals surface area (Å²) in [5, 5.41) is 16.9. The molecule has 7 nitrogen and oxygen atoms in total. The van der Waals surface area contributed by atoms with Gasteiger partial charge in [0, 0.05) is 5.39 Å². The minimum atomic E-state index is -1.11. The number of carboxylic acid groups (broad SMARTS) is 1. The first-order chi connectivity index (χ1) is 13.4. The van der Waals surface area contributed by atoms with E-state index in [0.29, 0.717) is 16.5 Å². The van der Waals surface area contributed by atoms with Gasteiger partial charge in [-0.3, -0.25) is 9.59 Å². The van der Waals surface area contributed by atoms with Crippen LogP contribution in [0.5, 0.6) is 0 Å². The molecule has 7 heteroatoms. The second-order valence-corrected chi connectivity index (χ2v) is 6.94. The van der Waals surface area contributed by atoms with E-state index in [2.05, 4.69) is 10.4 Å². The quantitative estimate of drug-likeness (QED) is 0.686. The SMILES string of the molecule is CC(C)C[C@@H](NC(=O)c1nn(-c2ccccc2)c(=O)c2ccccc12)C(=O)O. The maximum absolute atomic E-state index is 12.9. The average molecular weight is 379 g/mol. The molecular formula is C21H21N3O4. The fraction of sp³-hybridized carbons (Fsp3) is 0.238. The van der Waals surface area contributed by atoms with Crippen LogP contribution in [0.3, 0.4) is 0 Å². The molecule has 0 fully saturated rings. The number of nitrogens with one attached hydrogen (secondary N) is 1. The summed E-state index contributed by atoms with van der Waals surface area (Å²) in [7, 11) is 0. The molecule has 0 saturated heterocycles. The van der Waals surface area contributed by atoms with Gasteiger partial charge in [0.1, 0.15) is 6.04 Å². The number of hydrogen-bond acceptors (Lipinski definition) is 4. The third-order valence-electron chi connectivity index (χ3n) is 4.33. The first-order valence-electron chi connectivity index (χ1n) is 8.99. The van der Waals surface area contributed by atoms with Crippen molar-refractivity contribution in [3.63, 3.8) is 0 Å². The standard InChI is InChI=1S/C21H21N3O4/c1-13(2)12-17(21(27)28)22-19(25)18-15-10-6-7-11-16(15)20(26)24(23-18)14-8-4-3-5-9-14/h3-11,13,17H,12H2,1-2H3,(H,22,25)(H,27,28)/t17-/m1/s1. The van der Waals surface area contributed by atoms with Crippen molar-refractivity contribution in [3.8, 4) is 5.69 Å². The van der Waals surface area contributed by atoms with Crippen LogP contribution in [0.4, 0.5) is 0 Å². The van der Waals surface area contributed by atoms with Crippen molar-refractivity contribution in [2.24, 2.45) is 5.92 Å². The molecule has 1 amide bonds. The van der Waals surface area contributed by atoms with Crippen LogP contribution in [0.2, 0.25) is 0 Å². The van der Waals surface area contributed by atoms with Gasteiger partial charge in [-0.25, -0.2) is 4.79 Å². The fourth-order valence-electron chi connectivity index (χ4n) is 3.02. The Balaban J connectivity index is 2.12. The molecule has 28 heavy (non-hydrogen) atoms. The van der Waals surface area contributed by atoms with E-state index in [1.54, 1.807) is 48.5 Å². The highest BCUT2D eigenvalue weighted by Crippen LogP contribution is 2.16. The number of amides is 1. The zero-order valence-electron chi connectivity index (χ0n) is 15.6. The largest absolute Gasteiger partial charge is 0.480 e. The Morgan fingerprint density at radius 1 is 1.04 bits per heavy atom. The number of aliphatic carboxylic acids is 1. The van der Waals surface area contributed by atoms with Gasteiger partial charge in [-0.05, 0) is 30.5 Å². The molecule has 2 N–H and O–H groups in total. The van der Waals surface area contributed by atoms with Crippen LogP contribution in [-0.4, -0.2) is 32.8 Å². The van der Waals surface area contributed by atoms with Crippen LogP contribution in [0, 0.1) is 5.92 Å². The van der Waals surface area contributed by atoms with Crippen molar-refractivity contribution in [2.45, 2.75) is 26.3 Å². The summed E-state index contributed by atoms with van der Waals surface area (Å²) in [6, 6.07) is 14.4. The molecule has 0 radical (unpaired) electrons. The topological polar surface area (TPSA) is 101 Å². The Hall–Kier alpha value is -3.48. The lowest BCUT2D eigenvalue weighted by Crippen LogP contribution is -2.42. The van der Waals surface area contributed by atoms with E-state index in [1.807, 2.05) is 19.9 Å². The van der Waals surface area contributed by atoms with Crippen LogP contribution >= 0.6 is 0 Å². The molecule has 0 unspecified atom stereocenters. The van der Waals surface area contributed by atoms with Crippen LogP contribution in [0.25, 0.3) is 16.5 Å². The number of hydrogen-bond donors (Lipinski definition) is 2. The minimum Gasteiger partial charge on any atom is -0.480 e. The van der Waals surface area contributed by atoms with Crippen molar-refractivity contribution in [1.29, 1.82) is 0 Å². The van der Waals surface area contributed by atoms with Gasteiger partial charge in [0.2, 0.25) is 0 Å². The van der Waals surface area contributed by atoms with E-state index in [9.17, 15) is 19.5 Å². The van der Waals surface area contributed by atoms with E-state index in [-0.39, 0.29) is 23.6 Å². The Morgan fingerprint density at radius 2 is 1.64 bits per heavy atom. The summed E-state index contributed by atoms with van der Waals surface area (Å²) in [5.41, 5.74) is 0.175. The lowest BCUT2D eigenvalue weighted by molar-refractivity contribution is -0.139. The van der Waals surface area contributed by atoms with Gasteiger partial charge in [-0.2, -0.15) is 9.78 Å². The summed E-state index contributed by atoms with van der Waals surface area (Å²) in [4.78, 5) is 37.3. The second-order valence-electron chi connectivity index (χ2n) is 6.94. The van der Waals surface area contributed by atoms with E-state index >= 15 is 0 Å². The Labute approximate surface area is 161 Å².